The number of alkyl halides is 1. The lowest BCUT2D eigenvalue weighted by atomic mass is 10.0. The van der Waals surface area contributed by atoms with Gasteiger partial charge in [0.15, 0.2) is 0 Å². The van der Waals surface area contributed by atoms with Gasteiger partial charge in [0, 0.05) is 5.54 Å². The molecular formula is C13H15ClFNO. The number of carbonyl (C=O) groups is 1. The zero-order valence-electron chi connectivity index (χ0n) is 9.72. The normalized spacial score (nSPS) is 16.6. The molecule has 4 heteroatoms. The third-order valence-electron chi connectivity index (χ3n) is 3.14. The van der Waals surface area contributed by atoms with E-state index in [1.165, 1.54) is 6.07 Å². The molecule has 0 unspecified atom stereocenters. The third-order valence-corrected chi connectivity index (χ3v) is 3.39. The van der Waals surface area contributed by atoms with Crippen LogP contribution in [0.5, 0.6) is 0 Å². The molecule has 17 heavy (non-hydrogen) atoms. The number of rotatable bonds is 4. The minimum absolute atomic E-state index is 0.00973. The van der Waals surface area contributed by atoms with Crippen LogP contribution in [0.25, 0.3) is 0 Å². The van der Waals surface area contributed by atoms with Gasteiger partial charge in [-0.1, -0.05) is 12.1 Å². The number of halogens is 2. The van der Waals surface area contributed by atoms with E-state index in [4.69, 9.17) is 11.6 Å². The van der Waals surface area contributed by atoms with Gasteiger partial charge < -0.3 is 5.32 Å². The van der Waals surface area contributed by atoms with Gasteiger partial charge in [0.1, 0.15) is 11.7 Å². The van der Waals surface area contributed by atoms with Crippen LogP contribution >= 0.6 is 11.6 Å². The second kappa shape index (κ2) is 4.65. The first-order chi connectivity index (χ1) is 8.04. The van der Waals surface area contributed by atoms with Gasteiger partial charge >= 0.3 is 0 Å². The number of benzene rings is 1. The van der Waals surface area contributed by atoms with E-state index < -0.39 is 0 Å². The zero-order valence-corrected chi connectivity index (χ0v) is 10.5. The van der Waals surface area contributed by atoms with Crippen molar-refractivity contribution in [3.63, 3.8) is 0 Å². The van der Waals surface area contributed by atoms with Crippen molar-refractivity contribution in [3.8, 4) is 0 Å². The fourth-order valence-electron chi connectivity index (χ4n) is 2.03. The van der Waals surface area contributed by atoms with Crippen LogP contribution in [0.1, 0.15) is 24.0 Å². The molecule has 1 N–H and O–H groups in total. The van der Waals surface area contributed by atoms with Crippen LogP contribution in [0, 0.1) is 12.7 Å². The molecule has 92 valence electrons. The van der Waals surface area contributed by atoms with E-state index in [0.29, 0.717) is 5.56 Å². The average Bonchev–Trinajstić information content (AvgIpc) is 3.03. The van der Waals surface area contributed by atoms with E-state index >= 15 is 0 Å². The minimum atomic E-state index is -0.191. The molecule has 1 aliphatic rings. The van der Waals surface area contributed by atoms with Crippen molar-refractivity contribution in [3.05, 3.63) is 35.1 Å². The highest BCUT2D eigenvalue weighted by molar-refractivity contribution is 6.27. The fourth-order valence-corrected chi connectivity index (χ4v) is 2.10. The molecule has 0 spiro atoms. The molecule has 0 aliphatic heterocycles. The first-order valence-electron chi connectivity index (χ1n) is 5.67. The Morgan fingerprint density at radius 3 is 2.76 bits per heavy atom. The molecule has 2 rings (SSSR count). The highest BCUT2D eigenvalue weighted by atomic mass is 35.5. The molecule has 0 atom stereocenters. The lowest BCUT2D eigenvalue weighted by Crippen LogP contribution is -2.39. The Hall–Kier alpha value is -1.09. The van der Waals surface area contributed by atoms with Gasteiger partial charge in [0.2, 0.25) is 5.91 Å². The summed E-state index contributed by atoms with van der Waals surface area (Å²) in [6, 6.07) is 5.08. The zero-order chi connectivity index (χ0) is 12.5. The van der Waals surface area contributed by atoms with Gasteiger partial charge in [0.05, 0.1) is 0 Å². The summed E-state index contributed by atoms with van der Waals surface area (Å²) < 4.78 is 13.1. The van der Waals surface area contributed by atoms with E-state index in [-0.39, 0.29) is 23.1 Å². The number of carbonyl (C=O) groups excluding carboxylic acids is 1. The Labute approximate surface area is 105 Å². The highest BCUT2D eigenvalue weighted by Gasteiger charge is 2.43. The van der Waals surface area contributed by atoms with Crippen LogP contribution in [0.2, 0.25) is 0 Å². The van der Waals surface area contributed by atoms with Gasteiger partial charge in [-0.25, -0.2) is 4.39 Å². The molecule has 0 bridgehead atoms. The predicted molar refractivity (Wildman–Crippen MR) is 65.7 cm³/mol. The van der Waals surface area contributed by atoms with Crippen molar-refractivity contribution in [2.75, 3.05) is 5.88 Å². The maximum atomic E-state index is 13.1. The van der Waals surface area contributed by atoms with Crippen LogP contribution in [-0.2, 0) is 11.2 Å². The Bertz CT molecular complexity index is 443. The second-order valence-corrected chi connectivity index (χ2v) is 4.99. The number of hydrogen-bond acceptors (Lipinski definition) is 1. The summed E-state index contributed by atoms with van der Waals surface area (Å²) in [5.74, 6) is -0.337. The molecule has 1 aromatic carbocycles. The first kappa shape index (κ1) is 12.4. The fraction of sp³-hybridized carbons (Fsp3) is 0.462. The van der Waals surface area contributed by atoms with Gasteiger partial charge in [-0.15, -0.1) is 11.6 Å². The third kappa shape index (κ3) is 2.97. The minimum Gasteiger partial charge on any atom is -0.349 e. The Kier molecular flexibility index (Phi) is 3.38. The highest BCUT2D eigenvalue weighted by Crippen LogP contribution is 2.38. The topological polar surface area (TPSA) is 29.1 Å². The van der Waals surface area contributed by atoms with Gasteiger partial charge in [0.25, 0.3) is 0 Å². The summed E-state index contributed by atoms with van der Waals surface area (Å²) in [5, 5.41) is 2.93. The molecule has 1 fully saturated rings. The lowest BCUT2D eigenvalue weighted by Gasteiger charge is -2.17. The van der Waals surface area contributed by atoms with E-state index in [2.05, 4.69) is 5.32 Å². The molecule has 0 aromatic heterocycles. The lowest BCUT2D eigenvalue weighted by molar-refractivity contribution is -0.119. The molecule has 1 amide bonds. The summed E-state index contributed by atoms with van der Waals surface area (Å²) in [7, 11) is 0. The molecule has 2 nitrogen and oxygen atoms in total. The summed E-state index contributed by atoms with van der Waals surface area (Å²) in [6.45, 7) is 1.75. The second-order valence-electron chi connectivity index (χ2n) is 4.72. The van der Waals surface area contributed by atoms with Crippen molar-refractivity contribution < 1.29 is 9.18 Å². The van der Waals surface area contributed by atoms with Crippen LogP contribution in [-0.4, -0.2) is 17.3 Å². The monoisotopic (exact) mass is 255 g/mol. The van der Waals surface area contributed by atoms with Gasteiger partial charge in [-0.3, -0.25) is 4.79 Å². The molecule has 1 aliphatic carbocycles. The Morgan fingerprint density at radius 1 is 1.53 bits per heavy atom. The SMILES string of the molecule is Cc1cc(CC2(NC(=O)CCl)CC2)ccc1F. The predicted octanol–water partition coefficient (Wildman–Crippen LogP) is 2.56. The quantitative estimate of drug-likeness (QED) is 0.824. The summed E-state index contributed by atoms with van der Waals surface area (Å²) in [6.07, 6.45) is 2.68. The Morgan fingerprint density at radius 2 is 2.24 bits per heavy atom. The van der Waals surface area contributed by atoms with Crippen molar-refractivity contribution in [1.29, 1.82) is 0 Å². The first-order valence-corrected chi connectivity index (χ1v) is 6.20. The largest absolute Gasteiger partial charge is 0.349 e. The molecule has 1 aromatic rings. The van der Waals surface area contributed by atoms with Crippen molar-refractivity contribution in [2.24, 2.45) is 0 Å². The van der Waals surface area contributed by atoms with Crippen molar-refractivity contribution in [1.82, 2.24) is 5.32 Å². The van der Waals surface area contributed by atoms with Crippen LogP contribution in [0.15, 0.2) is 18.2 Å². The average molecular weight is 256 g/mol. The van der Waals surface area contributed by atoms with Gasteiger partial charge in [-0.2, -0.15) is 0 Å². The molecule has 1 saturated carbocycles. The molecule has 0 radical (unpaired) electrons. The number of hydrogen-bond donors (Lipinski definition) is 1. The van der Waals surface area contributed by atoms with Crippen molar-refractivity contribution >= 4 is 17.5 Å². The van der Waals surface area contributed by atoms with Crippen LogP contribution < -0.4 is 5.32 Å². The van der Waals surface area contributed by atoms with E-state index in [0.717, 1.165) is 24.8 Å². The van der Waals surface area contributed by atoms with E-state index in [9.17, 15) is 9.18 Å². The summed E-state index contributed by atoms with van der Waals surface area (Å²) >= 11 is 5.47. The summed E-state index contributed by atoms with van der Waals surface area (Å²) in [5.41, 5.74) is 1.55. The number of aryl methyl sites for hydroxylation is 1. The molecule has 0 saturated heterocycles. The maximum absolute atomic E-state index is 13.1. The van der Waals surface area contributed by atoms with Gasteiger partial charge in [-0.05, 0) is 43.4 Å². The standard InChI is InChI=1S/C13H15ClFNO/c1-9-6-10(2-3-11(9)15)7-13(4-5-13)16-12(17)8-14/h2-3,6H,4-5,7-8H2,1H3,(H,16,17). The maximum Gasteiger partial charge on any atom is 0.235 e. The smallest absolute Gasteiger partial charge is 0.235 e. The van der Waals surface area contributed by atoms with Crippen LogP contribution in [0.4, 0.5) is 4.39 Å². The Balaban J connectivity index is 2.05. The summed E-state index contributed by atoms with van der Waals surface area (Å²) in [4.78, 5) is 11.3. The van der Waals surface area contributed by atoms with E-state index in [1.807, 2.05) is 6.07 Å². The molecular weight excluding hydrogens is 241 g/mol. The molecule has 0 heterocycles. The van der Waals surface area contributed by atoms with E-state index in [1.54, 1.807) is 13.0 Å². The number of amides is 1. The van der Waals surface area contributed by atoms with Crippen LogP contribution in [0.3, 0.4) is 0 Å². The number of nitrogens with one attached hydrogen (secondary N) is 1. The van der Waals surface area contributed by atoms with Crippen molar-refractivity contribution in [2.45, 2.75) is 31.7 Å².